The standard InChI is InChI=1S/C22H19N2O/c1-14-6-9-16(10-7-14)13-24-19-5-3-4-18(22(23)25)21(19)17-11-8-15(2)12-20(17)24/h3-10,12H,13H2,1-2H3,(H2,23,25). The summed E-state index contributed by atoms with van der Waals surface area (Å²) in [6.07, 6.45) is 0. The van der Waals surface area contributed by atoms with Gasteiger partial charge in [0.25, 0.3) is 0 Å². The molecular weight excluding hydrogens is 308 g/mol. The molecule has 3 aromatic carbocycles. The number of primary amides is 1. The van der Waals surface area contributed by atoms with Gasteiger partial charge in [0.15, 0.2) is 0 Å². The van der Waals surface area contributed by atoms with E-state index in [2.05, 4.69) is 54.8 Å². The van der Waals surface area contributed by atoms with Crippen molar-refractivity contribution in [1.29, 1.82) is 0 Å². The van der Waals surface area contributed by atoms with Gasteiger partial charge in [-0.1, -0.05) is 42.0 Å². The van der Waals surface area contributed by atoms with Crippen LogP contribution in [0.25, 0.3) is 21.8 Å². The summed E-state index contributed by atoms with van der Waals surface area (Å²) in [5.41, 5.74) is 11.8. The summed E-state index contributed by atoms with van der Waals surface area (Å²) in [4.78, 5) is 11.9. The van der Waals surface area contributed by atoms with Crippen LogP contribution >= 0.6 is 0 Å². The van der Waals surface area contributed by atoms with Crippen molar-refractivity contribution >= 4 is 27.7 Å². The number of benzene rings is 3. The van der Waals surface area contributed by atoms with E-state index in [0.717, 1.165) is 33.9 Å². The number of hydrogen-bond donors (Lipinski definition) is 1. The lowest BCUT2D eigenvalue weighted by molar-refractivity contribution is 0.100. The van der Waals surface area contributed by atoms with Crippen molar-refractivity contribution in [2.24, 2.45) is 5.73 Å². The minimum absolute atomic E-state index is 0.408. The van der Waals surface area contributed by atoms with Gasteiger partial charge in [-0.15, -0.1) is 0 Å². The first-order valence-corrected chi connectivity index (χ1v) is 8.33. The predicted molar refractivity (Wildman–Crippen MR) is 102 cm³/mol. The quantitative estimate of drug-likeness (QED) is 0.597. The van der Waals surface area contributed by atoms with Crippen molar-refractivity contribution in [2.75, 3.05) is 0 Å². The largest absolute Gasteiger partial charge is 0.366 e. The number of amides is 1. The molecule has 25 heavy (non-hydrogen) atoms. The third-order valence-electron chi connectivity index (χ3n) is 4.67. The molecule has 1 amide bonds. The first kappa shape index (κ1) is 15.5. The van der Waals surface area contributed by atoms with Crippen LogP contribution in [0.1, 0.15) is 27.0 Å². The lowest BCUT2D eigenvalue weighted by Gasteiger charge is -2.09. The van der Waals surface area contributed by atoms with E-state index in [-0.39, 0.29) is 0 Å². The molecule has 0 aliphatic rings. The molecule has 1 heterocycles. The average Bonchev–Trinajstić information content (AvgIpc) is 2.90. The third-order valence-corrected chi connectivity index (χ3v) is 4.67. The molecule has 0 spiro atoms. The SMILES string of the molecule is Cc1ccc(Cn2c3cc(C)c[c]c3c3c(C(N)=O)cccc32)cc1. The molecule has 0 atom stereocenters. The van der Waals surface area contributed by atoms with Crippen molar-refractivity contribution in [3.05, 3.63) is 82.9 Å². The zero-order chi connectivity index (χ0) is 17.6. The Kier molecular flexibility index (Phi) is 3.57. The average molecular weight is 327 g/mol. The molecule has 123 valence electrons. The van der Waals surface area contributed by atoms with Crippen LogP contribution in [0.2, 0.25) is 0 Å². The lowest BCUT2D eigenvalue weighted by atomic mass is 10.1. The van der Waals surface area contributed by atoms with Crippen molar-refractivity contribution in [2.45, 2.75) is 20.4 Å². The normalized spacial score (nSPS) is 11.3. The summed E-state index contributed by atoms with van der Waals surface area (Å²) in [6.45, 7) is 4.88. The van der Waals surface area contributed by atoms with Crippen molar-refractivity contribution < 1.29 is 4.79 Å². The maximum atomic E-state index is 11.9. The van der Waals surface area contributed by atoms with Gasteiger partial charge in [0.1, 0.15) is 0 Å². The molecule has 0 saturated heterocycles. The highest BCUT2D eigenvalue weighted by Crippen LogP contribution is 2.32. The van der Waals surface area contributed by atoms with E-state index < -0.39 is 5.91 Å². The van der Waals surface area contributed by atoms with Gasteiger partial charge < -0.3 is 10.3 Å². The third kappa shape index (κ3) is 2.58. The Balaban J connectivity index is 2.03. The fraction of sp³-hybridized carbons (Fsp3) is 0.136. The Morgan fingerprint density at radius 1 is 1.04 bits per heavy atom. The Hall–Kier alpha value is -3.07. The highest BCUT2D eigenvalue weighted by atomic mass is 16.1. The second-order valence-corrected chi connectivity index (χ2v) is 6.57. The van der Waals surface area contributed by atoms with Gasteiger partial charge >= 0.3 is 0 Å². The second kappa shape index (κ2) is 5.78. The summed E-state index contributed by atoms with van der Waals surface area (Å²) in [6, 6.07) is 21.7. The van der Waals surface area contributed by atoms with E-state index in [1.807, 2.05) is 18.2 Å². The minimum Gasteiger partial charge on any atom is -0.366 e. The van der Waals surface area contributed by atoms with Crippen LogP contribution in [-0.4, -0.2) is 10.5 Å². The Morgan fingerprint density at radius 2 is 1.80 bits per heavy atom. The van der Waals surface area contributed by atoms with E-state index in [0.29, 0.717) is 5.56 Å². The summed E-state index contributed by atoms with van der Waals surface area (Å²) < 4.78 is 2.24. The van der Waals surface area contributed by atoms with E-state index >= 15 is 0 Å². The van der Waals surface area contributed by atoms with Crippen LogP contribution < -0.4 is 5.73 Å². The summed E-state index contributed by atoms with van der Waals surface area (Å²) in [5, 5.41) is 1.83. The van der Waals surface area contributed by atoms with Gasteiger partial charge in [0.05, 0.1) is 11.0 Å². The monoisotopic (exact) mass is 327 g/mol. The number of fused-ring (bicyclic) bond motifs is 3. The van der Waals surface area contributed by atoms with Gasteiger partial charge in [0, 0.05) is 22.9 Å². The first-order valence-electron chi connectivity index (χ1n) is 8.33. The van der Waals surface area contributed by atoms with Crippen molar-refractivity contribution in [1.82, 2.24) is 4.57 Å². The highest BCUT2D eigenvalue weighted by Gasteiger charge is 2.16. The molecule has 1 aromatic heterocycles. The maximum absolute atomic E-state index is 11.9. The smallest absolute Gasteiger partial charge is 0.249 e. The zero-order valence-electron chi connectivity index (χ0n) is 14.3. The lowest BCUT2D eigenvalue weighted by Crippen LogP contribution is -2.11. The molecule has 3 nitrogen and oxygen atoms in total. The summed E-state index contributed by atoms with van der Waals surface area (Å²) >= 11 is 0. The molecule has 1 radical (unpaired) electrons. The molecule has 0 bridgehead atoms. The number of aryl methyl sites for hydroxylation is 2. The molecule has 4 rings (SSSR count). The molecule has 0 aliphatic heterocycles. The van der Waals surface area contributed by atoms with Gasteiger partial charge in [-0.05, 0) is 49.2 Å². The van der Waals surface area contributed by atoms with Crippen LogP contribution in [0.15, 0.2) is 54.6 Å². The maximum Gasteiger partial charge on any atom is 0.249 e. The second-order valence-electron chi connectivity index (χ2n) is 6.57. The number of hydrogen-bond acceptors (Lipinski definition) is 1. The molecule has 0 saturated carbocycles. The topological polar surface area (TPSA) is 48.0 Å². The fourth-order valence-corrected chi connectivity index (χ4v) is 3.41. The van der Waals surface area contributed by atoms with Crippen LogP contribution in [-0.2, 0) is 6.54 Å². The highest BCUT2D eigenvalue weighted by molar-refractivity contribution is 6.17. The van der Waals surface area contributed by atoms with Crippen LogP contribution in [0.5, 0.6) is 0 Å². The number of nitrogens with zero attached hydrogens (tertiary/aromatic N) is 1. The van der Waals surface area contributed by atoms with Gasteiger partial charge in [-0.2, -0.15) is 0 Å². The van der Waals surface area contributed by atoms with Crippen LogP contribution in [0.4, 0.5) is 0 Å². The molecule has 0 aliphatic carbocycles. The number of aromatic nitrogens is 1. The van der Waals surface area contributed by atoms with Crippen molar-refractivity contribution in [3.63, 3.8) is 0 Å². The van der Waals surface area contributed by atoms with E-state index in [4.69, 9.17) is 5.73 Å². The predicted octanol–water partition coefficient (Wildman–Crippen LogP) is 4.36. The van der Waals surface area contributed by atoms with Gasteiger partial charge in [-0.25, -0.2) is 0 Å². The minimum atomic E-state index is -0.408. The Bertz CT molecular complexity index is 1100. The molecule has 4 aromatic rings. The Morgan fingerprint density at radius 3 is 2.52 bits per heavy atom. The number of rotatable bonds is 3. The van der Waals surface area contributed by atoms with Crippen LogP contribution in [0, 0.1) is 19.9 Å². The molecule has 2 N–H and O–H groups in total. The fourth-order valence-electron chi connectivity index (χ4n) is 3.41. The number of nitrogens with two attached hydrogens (primary N) is 1. The van der Waals surface area contributed by atoms with Gasteiger partial charge in [-0.3, -0.25) is 4.79 Å². The number of carbonyl (C=O) groups excluding carboxylic acids is 1. The molecular formula is C22H19N2O. The van der Waals surface area contributed by atoms with Crippen LogP contribution in [0.3, 0.4) is 0 Å². The Labute approximate surface area is 146 Å². The van der Waals surface area contributed by atoms with E-state index in [1.165, 1.54) is 11.1 Å². The van der Waals surface area contributed by atoms with E-state index in [9.17, 15) is 4.79 Å². The first-order chi connectivity index (χ1) is 12.0. The molecule has 3 heteroatoms. The number of carbonyl (C=O) groups is 1. The summed E-state index contributed by atoms with van der Waals surface area (Å²) in [5.74, 6) is -0.408. The van der Waals surface area contributed by atoms with Crippen molar-refractivity contribution in [3.8, 4) is 0 Å². The van der Waals surface area contributed by atoms with Gasteiger partial charge in [0.2, 0.25) is 5.91 Å². The molecule has 0 fully saturated rings. The summed E-state index contributed by atoms with van der Waals surface area (Å²) in [7, 11) is 0. The molecule has 0 unspecified atom stereocenters. The zero-order valence-corrected chi connectivity index (χ0v) is 14.3. The van der Waals surface area contributed by atoms with E-state index in [1.54, 1.807) is 6.07 Å².